The molecule has 2 fully saturated rings. The Morgan fingerprint density at radius 2 is 0.971 bits per heavy atom. The number of ether oxygens (including phenoxy) is 4. The van der Waals surface area contributed by atoms with E-state index in [-0.39, 0.29) is 90.9 Å². The van der Waals surface area contributed by atoms with Crippen molar-refractivity contribution in [3.05, 3.63) is 316 Å². The van der Waals surface area contributed by atoms with Crippen LogP contribution in [0.25, 0.3) is 49.0 Å². The number of fused-ring (bicyclic) bond motifs is 6. The van der Waals surface area contributed by atoms with Gasteiger partial charge in [-0.2, -0.15) is 0 Å². The zero-order valence-electron chi connectivity index (χ0n) is 77.4. The molecule has 0 aromatic heterocycles. The second-order valence-corrected chi connectivity index (χ2v) is 39.3. The molecule has 8 amide bonds. The summed E-state index contributed by atoms with van der Waals surface area (Å²) in [6, 6.07) is 33.4. The van der Waals surface area contributed by atoms with Crippen molar-refractivity contribution in [1.29, 1.82) is 0 Å². The molecule has 22 heteroatoms. The van der Waals surface area contributed by atoms with Crippen LogP contribution in [0.2, 0.25) is 0 Å². The number of unbranched alkanes of at least 4 members (excludes halogenated alkanes) is 4. The van der Waals surface area contributed by atoms with Crippen LogP contribution in [0.5, 0.6) is 17.2 Å². The Bertz CT molecular complexity index is 7320. The van der Waals surface area contributed by atoms with Crippen molar-refractivity contribution in [3.63, 3.8) is 0 Å². The predicted molar refractivity (Wildman–Crippen MR) is 518 cm³/mol. The number of imide groups is 4. The van der Waals surface area contributed by atoms with E-state index in [2.05, 4.69) is 13.8 Å². The Hall–Kier alpha value is -14.5. The van der Waals surface area contributed by atoms with E-state index < -0.39 is 93.8 Å². The van der Waals surface area contributed by atoms with Gasteiger partial charge in [-0.3, -0.25) is 62.8 Å². The zero-order valence-corrected chi connectivity index (χ0v) is 77.4. The fraction of sp³-hybridized carbons (Fsp3) is 0.328. The van der Waals surface area contributed by atoms with Crippen molar-refractivity contribution < 1.29 is 86.7 Å². The number of aromatic carboxylic acids is 2. The number of carbonyl (C=O) groups is 12. The maximum Gasteiger partial charge on any atom is 0.338 e. The first kappa shape index (κ1) is 87.5. The van der Waals surface area contributed by atoms with Gasteiger partial charge in [-0.25, -0.2) is 14.4 Å². The van der Waals surface area contributed by atoms with Gasteiger partial charge in [-0.15, -0.1) is 0 Å². The molecule has 138 heavy (non-hydrogen) atoms. The van der Waals surface area contributed by atoms with Gasteiger partial charge in [0.15, 0.2) is 0 Å². The summed E-state index contributed by atoms with van der Waals surface area (Å²) in [6.07, 6.45) is 36.1. The van der Waals surface area contributed by atoms with Gasteiger partial charge in [0.25, 0.3) is 35.4 Å². The maximum atomic E-state index is 16.0. The molecule has 2 saturated carbocycles. The number of carboxylic acid groups (broad SMARTS) is 2. The monoisotopic (exact) mass is 1840 g/mol. The zero-order chi connectivity index (χ0) is 94.9. The third-order valence-corrected chi connectivity index (χ3v) is 31.9. The summed E-state index contributed by atoms with van der Waals surface area (Å²) in [5.74, 6) is -8.38. The number of rotatable bonds is 28. The summed E-state index contributed by atoms with van der Waals surface area (Å²) in [6.45, 7) is 8.69. The van der Waals surface area contributed by atoms with E-state index in [9.17, 15) is 29.4 Å². The molecule has 23 rings (SSSR count). The molecule has 4 aliphatic heterocycles. The lowest BCUT2D eigenvalue weighted by molar-refractivity contribution is -0.150. The molecule has 4 heterocycles. The molecule has 15 aliphatic rings. The third-order valence-electron chi connectivity index (χ3n) is 31.9. The number of hydrogen-bond acceptors (Lipinski definition) is 16. The van der Waals surface area contributed by atoms with Gasteiger partial charge >= 0.3 is 23.9 Å². The molecular formula is C116H102N4O18. The number of esters is 2. The van der Waals surface area contributed by atoms with Crippen LogP contribution < -0.4 is 9.47 Å². The minimum atomic E-state index is -1.27. The van der Waals surface area contributed by atoms with E-state index in [1.54, 1.807) is 66.8 Å². The van der Waals surface area contributed by atoms with Gasteiger partial charge in [-0.05, 0) is 236 Å². The molecule has 0 bridgehead atoms. The number of carbonyl (C=O) groups excluding carboxylic acids is 10. The van der Waals surface area contributed by atoms with Gasteiger partial charge in [0.2, 0.25) is 11.8 Å². The van der Waals surface area contributed by atoms with Crippen molar-refractivity contribution >= 4 is 120 Å². The van der Waals surface area contributed by atoms with Crippen LogP contribution in [0.1, 0.15) is 275 Å². The van der Waals surface area contributed by atoms with Gasteiger partial charge in [0.1, 0.15) is 28.9 Å². The second-order valence-electron chi connectivity index (χ2n) is 39.3. The SMILES string of the molecule is CCCCOC(=O)C1=C2C3=C(C=CC2C(=O)OCCCC)c2ccc4c5c(ccc(c25)C3C=C1)C(=O)N(CCc1ccc(Oc2cc3c5c(ccc6c5c2C2=C5C7=C(C=C(Oc8ccc(CCN9C(=O)C%10=C%11C%12=C(C=CC%11(CCCC)C9=O)c9ccc(C(=O)O)c%11c(C(=O)O)ccc(c9%11)C%12(CCCC)C=C%10)cc8)C56)C(=O)N(C5CCCCC5)C(=O)C7C=C2)C(=O)N(C2CCCCC2)C3=O)cc1)C4=O. The van der Waals surface area contributed by atoms with Crippen molar-refractivity contribution in [2.24, 2.45) is 17.3 Å². The summed E-state index contributed by atoms with van der Waals surface area (Å²) in [7, 11) is 0. The van der Waals surface area contributed by atoms with E-state index in [0.717, 1.165) is 126 Å². The second kappa shape index (κ2) is 33.7. The van der Waals surface area contributed by atoms with E-state index in [0.29, 0.717) is 175 Å². The van der Waals surface area contributed by atoms with Crippen LogP contribution in [-0.4, -0.2) is 139 Å². The minimum Gasteiger partial charge on any atom is -0.478 e. The van der Waals surface area contributed by atoms with Gasteiger partial charge < -0.3 is 29.2 Å². The fourth-order valence-corrected chi connectivity index (χ4v) is 25.4. The number of benzene rings is 8. The van der Waals surface area contributed by atoms with Gasteiger partial charge in [-0.1, -0.05) is 220 Å². The van der Waals surface area contributed by atoms with E-state index in [4.69, 9.17) is 18.9 Å². The molecule has 8 aromatic rings. The summed E-state index contributed by atoms with van der Waals surface area (Å²) >= 11 is 0. The van der Waals surface area contributed by atoms with Crippen LogP contribution in [0.15, 0.2) is 238 Å². The summed E-state index contributed by atoms with van der Waals surface area (Å²) in [5, 5.41) is 24.1. The Labute approximate surface area is 796 Å². The molecule has 694 valence electrons. The lowest BCUT2D eigenvalue weighted by Crippen LogP contribution is -2.56. The van der Waals surface area contributed by atoms with Gasteiger partial charge in [0.05, 0.1) is 52.7 Å². The van der Waals surface area contributed by atoms with E-state index in [1.165, 1.54) is 31.7 Å². The first-order chi connectivity index (χ1) is 67.1. The summed E-state index contributed by atoms with van der Waals surface area (Å²) in [5.41, 5.74) is 11.7. The van der Waals surface area contributed by atoms with Gasteiger partial charge in [0, 0.05) is 86.1 Å². The lowest BCUT2D eigenvalue weighted by atomic mass is 9.52. The van der Waals surface area contributed by atoms with Crippen LogP contribution in [0, 0.1) is 17.3 Å². The van der Waals surface area contributed by atoms with Crippen molar-refractivity contribution in [3.8, 4) is 17.2 Å². The number of carboxylic acids is 2. The quantitative estimate of drug-likeness (QED) is 0.0262. The average Bonchev–Trinajstić information content (AvgIpc) is 0.652. The first-order valence-electron chi connectivity index (χ1n) is 49.4. The molecule has 11 aliphatic carbocycles. The smallest absolute Gasteiger partial charge is 0.338 e. The Balaban J connectivity index is 0.564. The minimum absolute atomic E-state index is 0.0203. The molecular weight excluding hydrogens is 1740 g/mol. The molecule has 6 atom stereocenters. The highest BCUT2D eigenvalue weighted by atomic mass is 16.5. The third kappa shape index (κ3) is 13.1. The highest BCUT2D eigenvalue weighted by molar-refractivity contribution is 6.31. The Morgan fingerprint density at radius 3 is 1.64 bits per heavy atom. The van der Waals surface area contributed by atoms with Crippen molar-refractivity contribution in [2.75, 3.05) is 26.3 Å². The van der Waals surface area contributed by atoms with Crippen molar-refractivity contribution in [1.82, 2.24) is 19.6 Å². The van der Waals surface area contributed by atoms with E-state index >= 15 is 38.4 Å². The first-order valence-corrected chi connectivity index (χ1v) is 49.4. The average molecular weight is 1840 g/mol. The van der Waals surface area contributed by atoms with Crippen LogP contribution in [0.4, 0.5) is 0 Å². The maximum absolute atomic E-state index is 16.0. The molecule has 0 saturated heterocycles. The number of hydrogen-bond donors (Lipinski definition) is 2. The molecule has 22 nitrogen and oxygen atoms in total. The molecule has 0 spiro atoms. The van der Waals surface area contributed by atoms with E-state index in [1.807, 2.05) is 117 Å². The highest BCUT2D eigenvalue weighted by Gasteiger charge is 2.60. The number of amides is 8. The van der Waals surface area contributed by atoms with Crippen molar-refractivity contribution in [2.45, 2.75) is 198 Å². The summed E-state index contributed by atoms with van der Waals surface area (Å²) in [4.78, 5) is 184. The molecule has 8 aromatic carbocycles. The Morgan fingerprint density at radius 1 is 0.428 bits per heavy atom. The molecule has 2 N–H and O–H groups in total. The summed E-state index contributed by atoms with van der Waals surface area (Å²) < 4.78 is 26.1. The van der Waals surface area contributed by atoms with Crippen LogP contribution in [-0.2, 0) is 56.5 Å². The fourth-order valence-electron chi connectivity index (χ4n) is 25.4. The normalized spacial score (nSPS) is 22.8. The topological polar surface area (TPSA) is 295 Å². The van der Waals surface area contributed by atoms with Crippen LogP contribution >= 0.6 is 0 Å². The highest BCUT2D eigenvalue weighted by Crippen LogP contribution is 2.66. The lowest BCUT2D eigenvalue weighted by Gasteiger charge is -2.52. The van der Waals surface area contributed by atoms with Crippen LogP contribution in [0.3, 0.4) is 0 Å². The number of allylic oxidation sites excluding steroid dienone is 11. The predicted octanol–water partition coefficient (Wildman–Crippen LogP) is 21.1. The molecule has 0 radical (unpaired) electrons. The Kier molecular flexibility index (Phi) is 21.4. The standard InChI is InChI=1S/C116H102N4O18/c1-5-9-51-115-53-48-83-102-101(115)72(71-33-42-79(110(128)129)94-80(111(130)131)45-46-86(115)96(71)94)47-54-116(102,52-10-6-2)114(134)118(105(83)123)56-50-62-25-29-66(30-26-62)138-88-60-85-93-78(107(125)120(109(85)127)64-21-17-14-18-22-64)40-36-73-97-87(59-84-92-77(41-37-74(99(92)97)98(88)100(73)93)106(124)119(108(84)126)63-19-15-13-16-20-63)137-65-27-23-61(24-28-65)49-55-117-103(121)75-38-31-67-69-34-43-81(112(132)135-57-11-7-3)95-82(113(133)136-58-12-8-4)44-35-70(90(69)95)68-32-39-76(104(117)122)91(75)89(67)68/h23-48,53-54,59-60,63-64,69,78,82,98H,5-22,49-52,55-58H2,1-4H3,(H,128,129)(H,130,131). The number of nitrogens with zero attached hydrogens (tertiary/aromatic N) is 4. The largest absolute Gasteiger partial charge is 0.478 e. The molecule has 6 unspecified atom stereocenters.